The molecule has 0 radical (unpaired) electrons. The maximum absolute atomic E-state index is 12.2. The van der Waals surface area contributed by atoms with E-state index in [-0.39, 0.29) is 11.2 Å². The number of carbonyl (C=O) groups excluding carboxylic acids is 1. The summed E-state index contributed by atoms with van der Waals surface area (Å²) in [7, 11) is 0. The summed E-state index contributed by atoms with van der Waals surface area (Å²) >= 11 is 3.02. The van der Waals surface area contributed by atoms with Crippen molar-refractivity contribution in [1.82, 2.24) is 10.4 Å². The van der Waals surface area contributed by atoms with Crippen LogP contribution >= 0.6 is 23.1 Å². The third kappa shape index (κ3) is 5.06. The van der Waals surface area contributed by atoms with Gasteiger partial charge in [0.1, 0.15) is 12.4 Å². The lowest BCUT2D eigenvalue weighted by Crippen LogP contribution is -2.28. The fourth-order valence-corrected chi connectivity index (χ4v) is 4.29. The molecule has 2 aromatic carbocycles. The molecule has 0 unspecified atom stereocenters. The number of carbonyl (C=O) groups is 1. The minimum Gasteiger partial charge on any atom is -0.488 e. The Morgan fingerprint density at radius 2 is 1.96 bits per heavy atom. The number of thiazole rings is 1. The number of benzene rings is 2. The van der Waals surface area contributed by atoms with Crippen LogP contribution in [0.3, 0.4) is 0 Å². The minimum atomic E-state index is -0.290. The fourth-order valence-electron chi connectivity index (χ4n) is 2.08. The zero-order valence-corrected chi connectivity index (χ0v) is 16.1. The first kappa shape index (κ1) is 18.4. The van der Waals surface area contributed by atoms with Gasteiger partial charge in [-0.1, -0.05) is 42.1 Å². The zero-order valence-electron chi connectivity index (χ0n) is 14.5. The third-order valence-electron chi connectivity index (χ3n) is 3.47. The highest BCUT2D eigenvalue weighted by Gasteiger charge is 2.16. The van der Waals surface area contributed by atoms with Gasteiger partial charge < -0.3 is 4.74 Å². The van der Waals surface area contributed by atoms with Crippen LogP contribution < -0.4 is 10.2 Å². The summed E-state index contributed by atoms with van der Waals surface area (Å²) < 4.78 is 7.59. The molecular formula is C19H19N3O2S2. The summed E-state index contributed by atoms with van der Waals surface area (Å²) in [5.74, 6) is 0.612. The van der Waals surface area contributed by atoms with E-state index < -0.39 is 0 Å². The van der Waals surface area contributed by atoms with E-state index >= 15 is 0 Å². The van der Waals surface area contributed by atoms with E-state index in [0.717, 1.165) is 20.3 Å². The van der Waals surface area contributed by atoms with Gasteiger partial charge in [-0.25, -0.2) is 10.4 Å². The van der Waals surface area contributed by atoms with E-state index in [1.165, 1.54) is 11.8 Å². The van der Waals surface area contributed by atoms with Crippen molar-refractivity contribution in [2.75, 3.05) is 6.61 Å². The van der Waals surface area contributed by atoms with Gasteiger partial charge in [-0.15, -0.1) is 11.3 Å². The van der Waals surface area contributed by atoms with Gasteiger partial charge in [-0.05, 0) is 38.1 Å². The van der Waals surface area contributed by atoms with Crippen molar-refractivity contribution >= 4 is 44.9 Å². The molecule has 3 rings (SSSR count). The lowest BCUT2D eigenvalue weighted by atomic mass is 10.3. The molecule has 3 aromatic rings. The van der Waals surface area contributed by atoms with Gasteiger partial charge in [0.05, 0.1) is 21.2 Å². The Morgan fingerprint density at radius 3 is 2.73 bits per heavy atom. The van der Waals surface area contributed by atoms with Crippen molar-refractivity contribution in [2.24, 2.45) is 5.10 Å². The van der Waals surface area contributed by atoms with E-state index in [1.54, 1.807) is 11.3 Å². The van der Waals surface area contributed by atoms with Crippen LogP contribution in [-0.2, 0) is 4.79 Å². The Morgan fingerprint density at radius 1 is 1.23 bits per heavy atom. The maximum Gasteiger partial charge on any atom is 0.253 e. The van der Waals surface area contributed by atoms with Crippen molar-refractivity contribution in [3.8, 4) is 5.75 Å². The molecule has 0 bridgehead atoms. The fraction of sp³-hybridized carbons (Fsp3) is 0.211. The van der Waals surface area contributed by atoms with Crippen LogP contribution in [0.15, 0.2) is 64.0 Å². The first-order valence-electron chi connectivity index (χ1n) is 8.15. The second kappa shape index (κ2) is 8.82. The van der Waals surface area contributed by atoms with Gasteiger partial charge in [0, 0.05) is 0 Å². The molecule has 7 heteroatoms. The lowest BCUT2D eigenvalue weighted by Gasteiger charge is -2.09. The lowest BCUT2D eigenvalue weighted by molar-refractivity contribution is -0.120. The summed E-state index contributed by atoms with van der Waals surface area (Å²) in [6.07, 6.45) is 0. The Bertz CT molecular complexity index is 876. The normalized spacial score (nSPS) is 12.8. The molecule has 0 saturated heterocycles. The number of amides is 1. The number of nitrogens with one attached hydrogen (secondary N) is 1. The van der Waals surface area contributed by atoms with Crippen LogP contribution in [0.4, 0.5) is 0 Å². The van der Waals surface area contributed by atoms with E-state index in [9.17, 15) is 4.79 Å². The molecule has 1 N–H and O–H groups in total. The maximum atomic E-state index is 12.2. The number of hydrogen-bond donors (Lipinski definition) is 1. The molecule has 0 aliphatic heterocycles. The topological polar surface area (TPSA) is 63.6 Å². The molecule has 5 nitrogen and oxygen atoms in total. The Kier molecular flexibility index (Phi) is 6.25. The molecule has 1 amide bonds. The SMILES string of the molecule is C/C(COc1ccccc1)=N\NC(=O)[C@H](C)Sc1nc2ccccc2s1. The van der Waals surface area contributed by atoms with Crippen LogP contribution in [0.25, 0.3) is 10.2 Å². The molecule has 1 aromatic heterocycles. The molecule has 0 aliphatic rings. The molecule has 0 saturated carbocycles. The smallest absolute Gasteiger partial charge is 0.253 e. The van der Waals surface area contributed by atoms with Crippen LogP contribution in [-0.4, -0.2) is 28.5 Å². The minimum absolute atomic E-state index is 0.159. The second-order valence-corrected chi connectivity index (χ2v) is 8.25. The summed E-state index contributed by atoms with van der Waals surface area (Å²) in [6, 6.07) is 17.4. The first-order chi connectivity index (χ1) is 12.6. The van der Waals surface area contributed by atoms with Gasteiger partial charge in [-0.3, -0.25) is 4.79 Å². The molecule has 134 valence electrons. The van der Waals surface area contributed by atoms with Crippen molar-refractivity contribution in [1.29, 1.82) is 0 Å². The highest BCUT2D eigenvalue weighted by molar-refractivity contribution is 8.02. The molecule has 26 heavy (non-hydrogen) atoms. The van der Waals surface area contributed by atoms with E-state index in [4.69, 9.17) is 4.74 Å². The van der Waals surface area contributed by atoms with E-state index in [2.05, 4.69) is 15.5 Å². The van der Waals surface area contributed by atoms with Gasteiger partial charge in [0.2, 0.25) is 0 Å². The number of ether oxygens (including phenoxy) is 1. The predicted molar refractivity (Wildman–Crippen MR) is 108 cm³/mol. The number of nitrogens with zero attached hydrogens (tertiary/aromatic N) is 2. The zero-order chi connectivity index (χ0) is 18.4. The molecule has 0 fully saturated rings. The van der Waals surface area contributed by atoms with Crippen LogP contribution in [0.2, 0.25) is 0 Å². The van der Waals surface area contributed by atoms with E-state index in [1.807, 2.05) is 68.4 Å². The Labute approximate surface area is 160 Å². The number of thioether (sulfide) groups is 1. The summed E-state index contributed by atoms with van der Waals surface area (Å²) in [4.78, 5) is 16.8. The van der Waals surface area contributed by atoms with Gasteiger partial charge in [0.15, 0.2) is 4.34 Å². The first-order valence-corrected chi connectivity index (χ1v) is 9.84. The average Bonchev–Trinajstić information content (AvgIpc) is 3.07. The number of hydrogen-bond acceptors (Lipinski definition) is 6. The quantitative estimate of drug-likeness (QED) is 0.373. The summed E-state index contributed by atoms with van der Waals surface area (Å²) in [5.41, 5.74) is 4.25. The van der Waals surface area contributed by atoms with Crippen LogP contribution in [0, 0.1) is 0 Å². The molecular weight excluding hydrogens is 366 g/mol. The van der Waals surface area contributed by atoms with Crippen LogP contribution in [0.5, 0.6) is 5.75 Å². The number of rotatable bonds is 7. The molecule has 1 heterocycles. The highest BCUT2D eigenvalue weighted by Crippen LogP contribution is 2.31. The highest BCUT2D eigenvalue weighted by atomic mass is 32.2. The molecule has 1 atom stereocenters. The number of fused-ring (bicyclic) bond motifs is 1. The van der Waals surface area contributed by atoms with Crippen molar-refractivity contribution in [3.63, 3.8) is 0 Å². The predicted octanol–water partition coefficient (Wildman–Crippen LogP) is 4.35. The standard InChI is InChI=1S/C19H19N3O2S2/c1-13(12-24-15-8-4-3-5-9-15)21-22-18(23)14(2)25-19-20-16-10-6-7-11-17(16)26-19/h3-11,14H,12H2,1-2H3,(H,22,23)/b21-13+/t14-/m0/s1. The van der Waals surface area contributed by atoms with Crippen molar-refractivity contribution < 1.29 is 9.53 Å². The second-order valence-electron chi connectivity index (χ2n) is 5.63. The average molecular weight is 386 g/mol. The van der Waals surface area contributed by atoms with Crippen LogP contribution in [0.1, 0.15) is 13.8 Å². The largest absolute Gasteiger partial charge is 0.488 e. The van der Waals surface area contributed by atoms with Gasteiger partial charge >= 0.3 is 0 Å². The molecule has 0 spiro atoms. The monoisotopic (exact) mass is 385 g/mol. The summed E-state index contributed by atoms with van der Waals surface area (Å²) in [5, 5.41) is 3.82. The summed E-state index contributed by atoms with van der Waals surface area (Å²) in [6.45, 7) is 3.98. The van der Waals surface area contributed by atoms with Crippen molar-refractivity contribution in [2.45, 2.75) is 23.4 Å². The third-order valence-corrected chi connectivity index (χ3v) is 5.70. The Hall–Kier alpha value is -2.38. The van der Waals surface area contributed by atoms with Crippen molar-refractivity contribution in [3.05, 3.63) is 54.6 Å². The number of aromatic nitrogens is 1. The molecule has 0 aliphatic carbocycles. The number of hydrazone groups is 1. The van der Waals surface area contributed by atoms with E-state index in [0.29, 0.717) is 12.3 Å². The Balaban J connectivity index is 1.50. The number of para-hydroxylation sites is 2. The van der Waals surface area contributed by atoms with Gasteiger partial charge in [0.25, 0.3) is 5.91 Å². The van der Waals surface area contributed by atoms with Gasteiger partial charge in [-0.2, -0.15) is 5.10 Å².